The maximum absolute atomic E-state index is 8.65. The summed E-state index contributed by atoms with van der Waals surface area (Å²) in [5.41, 5.74) is 1.35. The molecule has 1 fully saturated rings. The Hall–Kier alpha value is -0.850. The molecule has 0 aromatic carbocycles. The average Bonchev–Trinajstić information content (AvgIpc) is 2.75. The molecule has 14 heavy (non-hydrogen) atoms. The average molecular weight is 206 g/mol. The van der Waals surface area contributed by atoms with Gasteiger partial charge in [0.25, 0.3) is 0 Å². The Morgan fingerprint density at radius 3 is 3.00 bits per heavy atom. The van der Waals surface area contributed by atoms with Crippen LogP contribution in [0.4, 0.5) is 0 Å². The van der Waals surface area contributed by atoms with Gasteiger partial charge in [0, 0.05) is 23.3 Å². The van der Waals surface area contributed by atoms with Crippen molar-refractivity contribution >= 4 is 11.3 Å². The number of nitriles is 1. The molecule has 0 bridgehead atoms. The van der Waals surface area contributed by atoms with E-state index in [1.54, 1.807) is 11.3 Å². The summed E-state index contributed by atoms with van der Waals surface area (Å²) in [4.78, 5) is 1.26. The second kappa shape index (κ2) is 3.72. The smallest absolute Gasteiger partial charge is 0.100 e. The molecule has 1 aliphatic carbocycles. The van der Waals surface area contributed by atoms with Crippen molar-refractivity contribution < 1.29 is 0 Å². The Morgan fingerprint density at radius 1 is 1.64 bits per heavy atom. The number of nitrogens with one attached hydrogen (secondary N) is 1. The lowest BCUT2D eigenvalue weighted by molar-refractivity contribution is 0.501. The maximum Gasteiger partial charge on any atom is 0.100 e. The summed E-state index contributed by atoms with van der Waals surface area (Å²) in [5.74, 6) is 0. The van der Waals surface area contributed by atoms with Gasteiger partial charge in [0.2, 0.25) is 0 Å². The predicted octanol–water partition coefficient (Wildman–Crippen LogP) is 2.51. The highest BCUT2D eigenvalue weighted by Gasteiger charge is 2.36. The third-order valence-electron chi connectivity index (χ3n) is 2.74. The van der Waals surface area contributed by atoms with Crippen molar-refractivity contribution in [2.75, 3.05) is 6.54 Å². The molecule has 1 N–H and O–H groups in total. The molecule has 0 spiro atoms. The molecule has 0 saturated heterocycles. The highest BCUT2D eigenvalue weighted by molar-refractivity contribution is 7.10. The summed E-state index contributed by atoms with van der Waals surface area (Å²) in [5, 5.41) is 14.0. The lowest BCUT2D eigenvalue weighted by atomic mass is 10.1. The minimum Gasteiger partial charge on any atom is -0.311 e. The molecule has 0 aliphatic heterocycles. The van der Waals surface area contributed by atoms with Crippen LogP contribution >= 0.6 is 11.3 Å². The molecule has 3 heteroatoms. The van der Waals surface area contributed by atoms with Gasteiger partial charge in [-0.25, -0.2) is 0 Å². The molecule has 0 radical (unpaired) electrons. The van der Waals surface area contributed by atoms with Gasteiger partial charge in [0.15, 0.2) is 0 Å². The number of nitrogens with zero attached hydrogens (tertiary/aromatic N) is 1. The number of rotatable bonds is 4. The molecular weight excluding hydrogens is 192 g/mol. The summed E-state index contributed by atoms with van der Waals surface area (Å²) >= 11 is 1.66. The second-order valence-electron chi connectivity index (χ2n) is 4.33. The SMILES string of the molecule is CC1(CNCc2cc(C#N)cs2)CC1. The lowest BCUT2D eigenvalue weighted by Crippen LogP contribution is -2.20. The van der Waals surface area contributed by atoms with Crippen LogP contribution in [0.1, 0.15) is 30.2 Å². The molecule has 0 unspecified atom stereocenters. The zero-order chi connectivity index (χ0) is 10.0. The van der Waals surface area contributed by atoms with Gasteiger partial charge in [0.05, 0.1) is 5.56 Å². The Balaban J connectivity index is 1.77. The number of hydrogen-bond donors (Lipinski definition) is 1. The van der Waals surface area contributed by atoms with Gasteiger partial charge in [-0.05, 0) is 24.3 Å². The van der Waals surface area contributed by atoms with Gasteiger partial charge in [-0.15, -0.1) is 11.3 Å². The molecule has 1 saturated carbocycles. The molecule has 2 rings (SSSR count). The minimum atomic E-state index is 0.565. The normalized spacial score (nSPS) is 17.7. The van der Waals surface area contributed by atoms with Crippen LogP contribution in [0.15, 0.2) is 11.4 Å². The second-order valence-corrected chi connectivity index (χ2v) is 5.32. The van der Waals surface area contributed by atoms with E-state index in [-0.39, 0.29) is 0 Å². The van der Waals surface area contributed by atoms with E-state index in [1.807, 2.05) is 11.4 Å². The number of hydrogen-bond acceptors (Lipinski definition) is 3. The van der Waals surface area contributed by atoms with E-state index < -0.39 is 0 Å². The Labute approximate surface area is 88.6 Å². The summed E-state index contributed by atoms with van der Waals surface area (Å²) in [6, 6.07) is 4.11. The molecule has 1 heterocycles. The van der Waals surface area contributed by atoms with Crippen LogP contribution in [-0.4, -0.2) is 6.54 Å². The standard InChI is InChI=1S/C11H14N2S/c1-11(2-3-11)8-13-6-10-4-9(5-12)7-14-10/h4,7,13H,2-3,6,8H2,1H3. The van der Waals surface area contributed by atoms with Crippen LogP contribution in [0.2, 0.25) is 0 Å². The molecule has 1 aliphatic rings. The Kier molecular flexibility index (Phi) is 2.58. The summed E-state index contributed by atoms with van der Waals surface area (Å²) < 4.78 is 0. The summed E-state index contributed by atoms with van der Waals surface area (Å²) in [6.45, 7) is 4.32. The van der Waals surface area contributed by atoms with Crippen molar-refractivity contribution in [2.24, 2.45) is 5.41 Å². The fraction of sp³-hybridized carbons (Fsp3) is 0.545. The van der Waals surface area contributed by atoms with E-state index in [2.05, 4.69) is 18.3 Å². The van der Waals surface area contributed by atoms with Crippen molar-refractivity contribution in [2.45, 2.75) is 26.3 Å². The molecule has 1 aromatic heterocycles. The molecule has 0 atom stereocenters. The first-order chi connectivity index (χ1) is 6.72. The van der Waals surface area contributed by atoms with Gasteiger partial charge in [0.1, 0.15) is 6.07 Å². The largest absolute Gasteiger partial charge is 0.311 e. The van der Waals surface area contributed by atoms with Crippen LogP contribution < -0.4 is 5.32 Å². The molecule has 2 nitrogen and oxygen atoms in total. The van der Waals surface area contributed by atoms with Crippen molar-refractivity contribution in [3.63, 3.8) is 0 Å². The highest BCUT2D eigenvalue weighted by atomic mass is 32.1. The highest BCUT2D eigenvalue weighted by Crippen LogP contribution is 2.44. The third kappa shape index (κ3) is 2.34. The van der Waals surface area contributed by atoms with E-state index in [0.29, 0.717) is 5.41 Å². The molecule has 74 valence electrons. The first-order valence-corrected chi connectivity index (χ1v) is 5.78. The lowest BCUT2D eigenvalue weighted by Gasteiger charge is -2.08. The maximum atomic E-state index is 8.65. The summed E-state index contributed by atoms with van der Waals surface area (Å²) in [7, 11) is 0. The van der Waals surface area contributed by atoms with E-state index in [1.165, 1.54) is 17.7 Å². The van der Waals surface area contributed by atoms with E-state index >= 15 is 0 Å². The van der Waals surface area contributed by atoms with Gasteiger partial charge in [-0.3, -0.25) is 0 Å². The van der Waals surface area contributed by atoms with Gasteiger partial charge in [-0.2, -0.15) is 5.26 Å². The topological polar surface area (TPSA) is 35.8 Å². The van der Waals surface area contributed by atoms with E-state index in [0.717, 1.165) is 18.7 Å². The zero-order valence-corrected chi connectivity index (χ0v) is 9.16. The van der Waals surface area contributed by atoms with Gasteiger partial charge < -0.3 is 5.32 Å². The first kappa shape index (κ1) is 9.70. The molecular formula is C11H14N2S. The minimum absolute atomic E-state index is 0.565. The van der Waals surface area contributed by atoms with Crippen LogP contribution in [-0.2, 0) is 6.54 Å². The Bertz CT molecular complexity index is 358. The van der Waals surface area contributed by atoms with Crippen LogP contribution in [0, 0.1) is 16.7 Å². The number of thiophene rings is 1. The fourth-order valence-corrected chi connectivity index (χ4v) is 2.19. The zero-order valence-electron chi connectivity index (χ0n) is 8.34. The first-order valence-electron chi connectivity index (χ1n) is 4.90. The van der Waals surface area contributed by atoms with Crippen molar-refractivity contribution in [1.29, 1.82) is 5.26 Å². The van der Waals surface area contributed by atoms with Crippen LogP contribution in [0.5, 0.6) is 0 Å². The molecule has 1 aromatic rings. The fourth-order valence-electron chi connectivity index (χ4n) is 1.41. The molecule has 0 amide bonds. The van der Waals surface area contributed by atoms with Crippen molar-refractivity contribution in [3.05, 3.63) is 21.9 Å². The van der Waals surface area contributed by atoms with Crippen molar-refractivity contribution in [3.8, 4) is 6.07 Å². The third-order valence-corrected chi connectivity index (χ3v) is 3.67. The quantitative estimate of drug-likeness (QED) is 0.821. The van der Waals surface area contributed by atoms with E-state index in [9.17, 15) is 0 Å². The predicted molar refractivity (Wildman–Crippen MR) is 58.1 cm³/mol. The van der Waals surface area contributed by atoms with Crippen LogP contribution in [0.25, 0.3) is 0 Å². The Morgan fingerprint density at radius 2 is 2.43 bits per heavy atom. The van der Waals surface area contributed by atoms with E-state index in [4.69, 9.17) is 5.26 Å². The van der Waals surface area contributed by atoms with Crippen LogP contribution in [0.3, 0.4) is 0 Å². The monoisotopic (exact) mass is 206 g/mol. The van der Waals surface area contributed by atoms with Gasteiger partial charge in [-0.1, -0.05) is 6.92 Å². The van der Waals surface area contributed by atoms with Gasteiger partial charge >= 0.3 is 0 Å². The summed E-state index contributed by atoms with van der Waals surface area (Å²) in [6.07, 6.45) is 2.71. The van der Waals surface area contributed by atoms with Crippen molar-refractivity contribution in [1.82, 2.24) is 5.32 Å².